The molecule has 17 rings (SSSR count). The van der Waals surface area contributed by atoms with Gasteiger partial charge in [-0.2, -0.15) is 0 Å². The van der Waals surface area contributed by atoms with Gasteiger partial charge in [-0.15, -0.1) is 0 Å². The molecule has 5 heterocycles. The summed E-state index contributed by atoms with van der Waals surface area (Å²) in [5.41, 5.74) is 2.97. The fourth-order valence-electron chi connectivity index (χ4n) is 16.2. The van der Waals surface area contributed by atoms with E-state index in [4.69, 9.17) is 77.8 Å². The van der Waals surface area contributed by atoms with E-state index in [1.165, 1.54) is 77.0 Å². The molecule has 0 aliphatic carbocycles. The van der Waals surface area contributed by atoms with Crippen molar-refractivity contribution in [3.8, 4) is 45.6 Å². The van der Waals surface area contributed by atoms with Crippen molar-refractivity contribution in [1.29, 1.82) is 0 Å². The van der Waals surface area contributed by atoms with Gasteiger partial charge in [0, 0.05) is 134 Å². The van der Waals surface area contributed by atoms with Crippen molar-refractivity contribution in [2.24, 2.45) is 0 Å². The Kier molecular flexibility index (Phi) is 33.4. The van der Waals surface area contributed by atoms with E-state index in [-0.39, 0.29) is 136 Å². The summed E-state index contributed by atoms with van der Waals surface area (Å²) < 4.78 is 199. The van der Waals surface area contributed by atoms with Gasteiger partial charge in [0.1, 0.15) is 26.4 Å². The molecular formula is C108H88F8N8O12S8Zn. The van der Waals surface area contributed by atoms with E-state index in [0.29, 0.717) is 111 Å². The number of carbonyl (C=O) groups is 4. The van der Waals surface area contributed by atoms with E-state index >= 15 is 35.1 Å². The Morgan fingerprint density at radius 3 is 0.614 bits per heavy atom. The number of esters is 4. The number of aromatic nitrogens is 8. The van der Waals surface area contributed by atoms with Gasteiger partial charge in [-0.1, -0.05) is 211 Å². The first-order valence-corrected chi connectivity index (χ1v) is 51.4. The fourth-order valence-corrected chi connectivity index (χ4v) is 24.8. The average Bonchev–Trinajstić information content (AvgIpc) is 1.56. The molecule has 15 aromatic rings. The van der Waals surface area contributed by atoms with Crippen LogP contribution in [0.15, 0.2) is 224 Å². The van der Waals surface area contributed by atoms with Crippen LogP contribution in [0.2, 0.25) is 0 Å². The summed E-state index contributed by atoms with van der Waals surface area (Å²) in [6, 6.07) is 39.4. The van der Waals surface area contributed by atoms with Crippen LogP contribution in [0.4, 0.5) is 35.1 Å². The summed E-state index contributed by atoms with van der Waals surface area (Å²) in [6.07, 6.45) is 0. The fraction of sp³-hybridized carbons (Fsp3) is 0.222. The van der Waals surface area contributed by atoms with Crippen molar-refractivity contribution in [2.75, 3.05) is 81.3 Å². The number of aryl methyl sites for hydroxylation is 12. The third kappa shape index (κ3) is 22.0. The van der Waals surface area contributed by atoms with Crippen molar-refractivity contribution in [1.82, 2.24) is 39.9 Å². The first-order chi connectivity index (χ1) is 69.1. The molecule has 0 saturated heterocycles. The molecule has 8 bridgehead atoms. The van der Waals surface area contributed by atoms with Crippen LogP contribution in [0.3, 0.4) is 0 Å². The molecular weight excluding hydrogens is 2080 g/mol. The van der Waals surface area contributed by atoms with Gasteiger partial charge in [-0.05, 0) is 178 Å². The number of rotatable bonds is 32. The zero-order chi connectivity index (χ0) is 102. The van der Waals surface area contributed by atoms with Crippen LogP contribution < -0.4 is 9.97 Å². The van der Waals surface area contributed by atoms with Gasteiger partial charge in [-0.3, -0.25) is 0 Å². The van der Waals surface area contributed by atoms with Gasteiger partial charge in [0.05, 0.1) is 111 Å². The van der Waals surface area contributed by atoms with E-state index in [9.17, 15) is 19.2 Å². The summed E-state index contributed by atoms with van der Waals surface area (Å²) in [4.78, 5) is 98.4. The van der Waals surface area contributed by atoms with E-state index in [2.05, 4.69) is 0 Å². The molecule has 0 atom stereocenters. The van der Waals surface area contributed by atoms with E-state index in [0.717, 1.165) is 69.3 Å². The Morgan fingerprint density at radius 2 is 0.414 bits per heavy atom. The Bertz CT molecular complexity index is 7950. The molecule has 0 N–H and O–H groups in total. The molecule has 0 unspecified atom stereocenters. The van der Waals surface area contributed by atoms with Crippen molar-refractivity contribution < 1.29 is 112 Å². The van der Waals surface area contributed by atoms with Crippen molar-refractivity contribution in [3.63, 3.8) is 0 Å². The molecule has 2 aliphatic heterocycles. The summed E-state index contributed by atoms with van der Waals surface area (Å²) in [5, 5.41) is -1.56. The minimum absolute atomic E-state index is 0. The second-order valence-corrected chi connectivity index (χ2v) is 42.5. The molecule has 738 valence electrons. The van der Waals surface area contributed by atoms with Crippen LogP contribution in [-0.2, 0) is 57.4 Å². The van der Waals surface area contributed by atoms with Gasteiger partial charge < -0.3 is 67.8 Å². The number of hydrogen-bond donors (Lipinski definition) is 0. The molecule has 20 nitrogen and oxygen atoms in total. The Balaban J connectivity index is 0.0000151. The SMILES string of the molecule is COCCOC(=O)c1cc(C)ccc1Sc1c(F)c(F)c(Sc2ccc(C)cc2C(=O)OCCOC)c2c1-c1nc-2nc2[n-]c(nc3nc(nc4[n-]c(n1)c1c(Sc5ccc(C)cc5C)c(F)c(F)c(Sc5ccc(C)cc5C)c41)-c1c(Sc4ccc(C)cc4C)c(F)c(F)c(Sc4ccc(C)cc4C)c1-3)c1c(Sc3ccc(C)cc3C(=O)OCCOC)c(F)c(F)c(Sc3ccc(C)cc3C(=O)OCCOC)c21.[Zn+2]. The number of fused-ring (bicyclic) bond motifs is 20. The van der Waals surface area contributed by atoms with E-state index < -0.39 is 177 Å². The van der Waals surface area contributed by atoms with Crippen LogP contribution >= 0.6 is 94.1 Å². The molecule has 0 fully saturated rings. The Morgan fingerprint density at radius 1 is 0.241 bits per heavy atom. The molecule has 0 spiro atoms. The van der Waals surface area contributed by atoms with Gasteiger partial charge in [0.25, 0.3) is 0 Å². The monoisotopic (exact) mass is 2160 g/mol. The molecule has 3 aromatic heterocycles. The molecule has 0 saturated carbocycles. The van der Waals surface area contributed by atoms with Gasteiger partial charge in [0.15, 0.2) is 46.5 Å². The summed E-state index contributed by atoms with van der Waals surface area (Å²) in [7, 11) is 5.58. The molecule has 2 aliphatic rings. The van der Waals surface area contributed by atoms with Crippen LogP contribution in [0.5, 0.6) is 0 Å². The standard InChI is InChI=1S/C108H88F8N8O12S8.Zn/c1-49-17-25-65(57(9)41-49)137-89-73-75(91(83(111)81(89)109)139-67-27-19-51(3)43-59(67)11)99-118-97(73)117-98-74-76(92(140-68-28-20-52(4)44-60(68)12)84(112)82(110)90(74)138-66-26-18-50(2)42-58(66)10)100(119-98)121-102-78-80(96(144-72-32-24-56(8)48-64(72)108(128)136-40-36-132-16)88(116)86(114)94(78)142-70-30-22-54(6)46-62(70)106(126)134-38-34-130-14)104(123-102)124-103-79-77(101(120-99)122-103)93(141-69-29-21-53(5)45-61(69)105(125)133-37-33-129-13)85(113)87(115)95(79)143-71-31-23-55(7)47-63(71)107(127)135-39-35-131-15;/h17-32,41-48H,33-40H2,1-16H3;/q-2;+2. The zero-order valence-electron chi connectivity index (χ0n) is 81.0. The number of methoxy groups -OCH3 is 4. The largest absolute Gasteiger partial charge is 2.00 e. The second kappa shape index (κ2) is 45.5. The first kappa shape index (κ1) is 106. The molecule has 145 heavy (non-hydrogen) atoms. The van der Waals surface area contributed by atoms with Gasteiger partial charge in [0.2, 0.25) is 0 Å². The first-order valence-electron chi connectivity index (χ1n) is 44.8. The maximum Gasteiger partial charge on any atom is 2.00 e. The number of halogens is 8. The minimum Gasteiger partial charge on any atom is -0.460 e. The Labute approximate surface area is 876 Å². The maximum absolute atomic E-state index is 19.6. The summed E-state index contributed by atoms with van der Waals surface area (Å²) >= 11 is 5.13. The predicted octanol–water partition coefficient (Wildman–Crippen LogP) is 27.4. The molecule has 0 radical (unpaired) electrons. The van der Waals surface area contributed by atoms with Crippen LogP contribution in [0, 0.1) is 130 Å². The number of hydrogen-bond acceptors (Lipinski definition) is 26. The molecule has 37 heteroatoms. The summed E-state index contributed by atoms with van der Waals surface area (Å²) in [6.45, 7) is 19.9. The Hall–Kier alpha value is -11.4. The molecule has 12 aromatic carbocycles. The van der Waals surface area contributed by atoms with Crippen LogP contribution in [0.1, 0.15) is 108 Å². The van der Waals surface area contributed by atoms with Crippen molar-refractivity contribution in [3.05, 3.63) is 281 Å². The second-order valence-electron chi connectivity index (χ2n) is 34.0. The maximum atomic E-state index is 19.6. The zero-order valence-corrected chi connectivity index (χ0v) is 90.5. The van der Waals surface area contributed by atoms with Crippen LogP contribution in [0.25, 0.3) is 89.7 Å². The van der Waals surface area contributed by atoms with Crippen molar-refractivity contribution >= 4 is 162 Å². The summed E-state index contributed by atoms with van der Waals surface area (Å²) in [5.74, 6) is -18.5. The van der Waals surface area contributed by atoms with E-state index in [1.54, 1.807) is 128 Å². The normalized spacial score (nSPS) is 11.6. The smallest absolute Gasteiger partial charge is 0.460 e. The quantitative estimate of drug-likeness (QED) is 0.0125. The van der Waals surface area contributed by atoms with Crippen LogP contribution in [-0.4, -0.2) is 135 Å². The number of benzene rings is 12. The third-order valence-corrected chi connectivity index (χ3v) is 32.9. The van der Waals surface area contributed by atoms with Gasteiger partial charge in [-0.25, -0.2) is 64.3 Å². The topological polar surface area (TPSA) is 248 Å². The average molecular weight is 2160 g/mol. The molecule has 0 amide bonds. The van der Waals surface area contributed by atoms with Gasteiger partial charge >= 0.3 is 43.4 Å². The third-order valence-electron chi connectivity index (χ3n) is 23.2. The number of nitrogens with zero attached hydrogens (tertiary/aromatic N) is 8. The predicted molar refractivity (Wildman–Crippen MR) is 544 cm³/mol. The minimum atomic E-state index is -1.65. The van der Waals surface area contributed by atoms with E-state index in [1.807, 2.05) is 52.0 Å². The van der Waals surface area contributed by atoms with Crippen molar-refractivity contribution in [2.45, 2.75) is 161 Å². The number of ether oxygens (including phenoxy) is 8. The number of carbonyl (C=O) groups excluding carboxylic acids is 4.